The van der Waals surface area contributed by atoms with Crippen LogP contribution in [0.5, 0.6) is 0 Å². The van der Waals surface area contributed by atoms with E-state index in [2.05, 4.69) is 4.98 Å². The monoisotopic (exact) mass is 293 g/mol. The molecule has 0 fully saturated rings. The Balaban J connectivity index is 2.31. The van der Waals surface area contributed by atoms with Gasteiger partial charge >= 0.3 is 11.7 Å². The Morgan fingerprint density at radius 1 is 1.27 bits per heavy atom. The van der Waals surface area contributed by atoms with Crippen molar-refractivity contribution in [1.29, 1.82) is 5.26 Å². The van der Waals surface area contributed by atoms with Gasteiger partial charge in [-0.25, -0.2) is 4.79 Å². The molecule has 6 nitrogen and oxygen atoms in total. The van der Waals surface area contributed by atoms with E-state index in [1.165, 1.54) is 4.57 Å². The van der Waals surface area contributed by atoms with Gasteiger partial charge in [0, 0.05) is 0 Å². The maximum Gasteiger partial charge on any atom is 0.331 e. The van der Waals surface area contributed by atoms with Crippen molar-refractivity contribution in [2.75, 3.05) is 0 Å². The number of rotatable bonds is 3. The number of para-hydroxylation sites is 1. The highest BCUT2D eigenvalue weighted by molar-refractivity contribution is 5.80. The number of carboxylic acids is 1. The van der Waals surface area contributed by atoms with Crippen molar-refractivity contribution in [1.82, 2.24) is 9.55 Å². The van der Waals surface area contributed by atoms with Crippen LogP contribution >= 0.6 is 0 Å². The van der Waals surface area contributed by atoms with Crippen LogP contribution in [0.15, 0.2) is 47.3 Å². The topological polar surface area (TPSA) is 98.9 Å². The van der Waals surface area contributed by atoms with Gasteiger partial charge in [0.15, 0.2) is 0 Å². The maximum absolute atomic E-state index is 12.3. The van der Waals surface area contributed by atoms with Gasteiger partial charge in [-0.3, -0.25) is 9.36 Å². The van der Waals surface area contributed by atoms with Crippen LogP contribution in [0.1, 0.15) is 11.1 Å². The number of carboxylic acid groups (broad SMARTS) is 1. The van der Waals surface area contributed by atoms with Crippen LogP contribution in [0.4, 0.5) is 0 Å². The van der Waals surface area contributed by atoms with Crippen LogP contribution < -0.4 is 5.69 Å². The normalized spacial score (nSPS) is 10.5. The van der Waals surface area contributed by atoms with Crippen molar-refractivity contribution < 1.29 is 9.90 Å². The molecule has 0 bridgehead atoms. The van der Waals surface area contributed by atoms with Gasteiger partial charge in [0.1, 0.15) is 0 Å². The van der Waals surface area contributed by atoms with E-state index in [4.69, 9.17) is 10.4 Å². The number of benzene rings is 2. The highest BCUT2D eigenvalue weighted by Crippen LogP contribution is 2.20. The minimum absolute atomic E-state index is 0.187. The molecule has 0 aliphatic heterocycles. The van der Waals surface area contributed by atoms with E-state index in [0.717, 1.165) is 0 Å². The average Bonchev–Trinajstić information content (AvgIpc) is 2.82. The van der Waals surface area contributed by atoms with E-state index in [1.54, 1.807) is 42.5 Å². The molecule has 2 N–H and O–H groups in total. The van der Waals surface area contributed by atoms with Crippen molar-refractivity contribution in [3.05, 3.63) is 64.1 Å². The lowest BCUT2D eigenvalue weighted by atomic mass is 10.1. The lowest BCUT2D eigenvalue weighted by Crippen LogP contribution is -2.17. The first-order valence-corrected chi connectivity index (χ1v) is 6.55. The lowest BCUT2D eigenvalue weighted by Gasteiger charge is -2.09. The molecule has 22 heavy (non-hydrogen) atoms. The zero-order valence-corrected chi connectivity index (χ0v) is 11.4. The first-order valence-electron chi connectivity index (χ1n) is 6.55. The van der Waals surface area contributed by atoms with Crippen LogP contribution in [0.3, 0.4) is 0 Å². The summed E-state index contributed by atoms with van der Waals surface area (Å²) < 4.78 is 1.40. The molecule has 1 heterocycles. The predicted molar refractivity (Wildman–Crippen MR) is 80.0 cm³/mol. The van der Waals surface area contributed by atoms with Crippen molar-refractivity contribution in [3.8, 4) is 11.8 Å². The van der Waals surface area contributed by atoms with Gasteiger partial charge in [0.05, 0.1) is 34.8 Å². The number of hydrogen-bond acceptors (Lipinski definition) is 3. The number of aromatic amines is 1. The SMILES string of the molecule is N#Cc1ccc2[nH]c(=O)n(-c3ccccc3CC(=O)O)c2c1. The molecular formula is C16H11N3O3. The third-order valence-electron chi connectivity index (χ3n) is 3.39. The highest BCUT2D eigenvalue weighted by Gasteiger charge is 2.14. The van der Waals surface area contributed by atoms with E-state index in [0.29, 0.717) is 27.8 Å². The van der Waals surface area contributed by atoms with E-state index in [1.807, 2.05) is 6.07 Å². The quantitative estimate of drug-likeness (QED) is 0.769. The number of imidazole rings is 1. The van der Waals surface area contributed by atoms with E-state index in [9.17, 15) is 9.59 Å². The van der Waals surface area contributed by atoms with Crippen LogP contribution in [0, 0.1) is 11.3 Å². The highest BCUT2D eigenvalue weighted by atomic mass is 16.4. The standard InChI is InChI=1S/C16H11N3O3/c17-9-10-5-6-12-14(7-10)19(16(22)18-12)13-4-2-1-3-11(13)8-15(20)21/h1-7H,8H2,(H,18,22)(H,20,21). The molecule has 0 radical (unpaired) electrons. The molecule has 2 aromatic carbocycles. The molecule has 0 aliphatic carbocycles. The molecule has 0 saturated heterocycles. The fraction of sp³-hybridized carbons (Fsp3) is 0.0625. The van der Waals surface area contributed by atoms with Crippen LogP contribution in [0.25, 0.3) is 16.7 Å². The van der Waals surface area contributed by atoms with Gasteiger partial charge in [-0.1, -0.05) is 18.2 Å². The Morgan fingerprint density at radius 2 is 2.05 bits per heavy atom. The second-order valence-corrected chi connectivity index (χ2v) is 4.81. The van der Waals surface area contributed by atoms with E-state index < -0.39 is 5.97 Å². The molecule has 108 valence electrons. The molecule has 0 aliphatic rings. The average molecular weight is 293 g/mol. The number of hydrogen-bond donors (Lipinski definition) is 2. The Labute approximate surface area is 124 Å². The zero-order valence-electron chi connectivity index (χ0n) is 11.4. The van der Waals surface area contributed by atoms with Crippen LogP contribution in [-0.4, -0.2) is 20.6 Å². The molecule has 0 amide bonds. The summed E-state index contributed by atoms with van der Waals surface area (Å²) in [4.78, 5) is 26.0. The molecule has 1 aromatic heterocycles. The fourth-order valence-corrected chi connectivity index (χ4v) is 2.45. The Hall–Kier alpha value is -3.33. The minimum Gasteiger partial charge on any atom is -0.481 e. The van der Waals surface area contributed by atoms with E-state index in [-0.39, 0.29) is 12.1 Å². The third-order valence-corrected chi connectivity index (χ3v) is 3.39. The van der Waals surface area contributed by atoms with Gasteiger partial charge in [0.2, 0.25) is 0 Å². The summed E-state index contributed by atoms with van der Waals surface area (Å²) >= 11 is 0. The molecule has 3 rings (SSSR count). The number of nitriles is 1. The maximum atomic E-state index is 12.3. The van der Waals surface area contributed by atoms with Crippen molar-refractivity contribution in [3.63, 3.8) is 0 Å². The molecule has 6 heteroatoms. The number of aromatic nitrogens is 2. The van der Waals surface area contributed by atoms with Gasteiger partial charge in [-0.05, 0) is 29.8 Å². The van der Waals surface area contributed by atoms with Crippen molar-refractivity contribution in [2.24, 2.45) is 0 Å². The van der Waals surface area contributed by atoms with Gasteiger partial charge in [-0.2, -0.15) is 5.26 Å². The Kier molecular flexibility index (Phi) is 3.24. The summed E-state index contributed by atoms with van der Waals surface area (Å²) in [7, 11) is 0. The Morgan fingerprint density at radius 3 is 2.77 bits per heavy atom. The lowest BCUT2D eigenvalue weighted by molar-refractivity contribution is -0.136. The summed E-state index contributed by atoms with van der Waals surface area (Å²) in [5, 5.41) is 18.0. The van der Waals surface area contributed by atoms with Gasteiger partial charge < -0.3 is 10.1 Å². The number of carbonyl (C=O) groups is 1. The first kappa shape index (κ1) is 13.6. The number of nitrogens with zero attached hydrogens (tertiary/aromatic N) is 2. The molecule has 0 unspecified atom stereocenters. The fourth-order valence-electron chi connectivity index (χ4n) is 2.45. The zero-order chi connectivity index (χ0) is 15.7. The number of H-pyrrole nitrogens is 1. The first-order chi connectivity index (χ1) is 10.6. The second kappa shape index (κ2) is 5.22. The second-order valence-electron chi connectivity index (χ2n) is 4.81. The summed E-state index contributed by atoms with van der Waals surface area (Å²) in [6.45, 7) is 0. The van der Waals surface area contributed by atoms with Crippen LogP contribution in [0.2, 0.25) is 0 Å². The van der Waals surface area contributed by atoms with Crippen molar-refractivity contribution >= 4 is 17.0 Å². The smallest absolute Gasteiger partial charge is 0.331 e. The number of nitrogens with one attached hydrogen (secondary N) is 1. The third kappa shape index (κ3) is 2.25. The largest absolute Gasteiger partial charge is 0.481 e. The summed E-state index contributed by atoms with van der Waals surface area (Å²) in [6, 6.07) is 13.7. The molecule has 0 saturated carbocycles. The summed E-state index contributed by atoms with van der Waals surface area (Å²) in [6.07, 6.45) is -0.187. The molecule has 0 atom stereocenters. The minimum atomic E-state index is -0.974. The summed E-state index contributed by atoms with van der Waals surface area (Å²) in [5.74, 6) is -0.974. The number of aliphatic carboxylic acids is 1. The van der Waals surface area contributed by atoms with Crippen LogP contribution in [-0.2, 0) is 11.2 Å². The molecule has 3 aromatic rings. The van der Waals surface area contributed by atoms with Gasteiger partial charge in [0.25, 0.3) is 0 Å². The summed E-state index contributed by atoms with van der Waals surface area (Å²) in [5.41, 5.74) is 2.21. The number of fused-ring (bicyclic) bond motifs is 1. The molecular weight excluding hydrogens is 282 g/mol. The molecule has 0 spiro atoms. The Bertz CT molecular complexity index is 976. The predicted octanol–water partition coefficient (Wildman–Crippen LogP) is 1.82. The van der Waals surface area contributed by atoms with Crippen molar-refractivity contribution in [2.45, 2.75) is 6.42 Å². The van der Waals surface area contributed by atoms with Gasteiger partial charge in [-0.15, -0.1) is 0 Å². The van der Waals surface area contributed by atoms with E-state index >= 15 is 0 Å².